The number of hydrogen-bond donors (Lipinski definition) is 1. The highest BCUT2D eigenvalue weighted by Crippen LogP contribution is 2.35. The highest BCUT2D eigenvalue weighted by molar-refractivity contribution is 7.22. The third kappa shape index (κ3) is 4.80. The molecule has 2 unspecified atom stereocenters. The fourth-order valence-corrected chi connectivity index (χ4v) is 6.10. The summed E-state index contributed by atoms with van der Waals surface area (Å²) in [6, 6.07) is 6.09. The zero-order valence-electron chi connectivity index (χ0n) is 19.5. The topological polar surface area (TPSA) is 84.0 Å². The van der Waals surface area contributed by atoms with Gasteiger partial charge in [0, 0.05) is 24.7 Å². The number of carbonyl (C=O) groups excluding carboxylic acids is 2. The fourth-order valence-electron chi connectivity index (χ4n) is 4.95. The van der Waals surface area contributed by atoms with Gasteiger partial charge >= 0.3 is 6.09 Å². The van der Waals surface area contributed by atoms with Crippen LogP contribution in [0.4, 0.5) is 9.93 Å². The Morgan fingerprint density at radius 1 is 1.15 bits per heavy atom. The van der Waals surface area contributed by atoms with Crippen molar-refractivity contribution in [3.8, 4) is 0 Å². The molecule has 1 aromatic heterocycles. The summed E-state index contributed by atoms with van der Waals surface area (Å²) in [5, 5.41) is 4.08. The number of amides is 2. The molecule has 2 aliphatic heterocycles. The van der Waals surface area contributed by atoms with Crippen LogP contribution in [0, 0.1) is 0 Å². The number of thiazole rings is 1. The molecule has 0 radical (unpaired) electrons. The lowest BCUT2D eigenvalue weighted by Crippen LogP contribution is -2.66. The second kappa shape index (κ2) is 8.76. The normalized spacial score (nSPS) is 23.7. The van der Waals surface area contributed by atoms with Gasteiger partial charge in [-0.2, -0.15) is 0 Å². The molecule has 1 aliphatic carbocycles. The van der Waals surface area contributed by atoms with Crippen LogP contribution in [-0.2, 0) is 9.47 Å². The highest BCUT2D eigenvalue weighted by atomic mass is 32.1. The van der Waals surface area contributed by atoms with E-state index in [1.54, 1.807) is 16.2 Å². The summed E-state index contributed by atoms with van der Waals surface area (Å²) in [4.78, 5) is 34.3. The van der Waals surface area contributed by atoms with Crippen LogP contribution in [0.3, 0.4) is 0 Å². The van der Waals surface area contributed by atoms with Gasteiger partial charge in [-0.25, -0.2) is 9.78 Å². The zero-order valence-corrected chi connectivity index (χ0v) is 20.3. The number of benzene rings is 1. The molecular formula is C24H32N4O4S. The molecule has 8 nitrogen and oxygen atoms in total. The molecule has 178 valence electrons. The van der Waals surface area contributed by atoms with Gasteiger partial charge in [-0.1, -0.05) is 24.2 Å². The smallest absolute Gasteiger partial charge is 0.410 e. The first kappa shape index (κ1) is 22.4. The first-order valence-electron chi connectivity index (χ1n) is 11.8. The van der Waals surface area contributed by atoms with Crippen molar-refractivity contribution >= 4 is 38.7 Å². The van der Waals surface area contributed by atoms with Crippen molar-refractivity contribution in [3.63, 3.8) is 0 Å². The molecule has 2 amide bonds. The molecule has 2 aromatic rings. The maximum atomic E-state index is 12.7. The van der Waals surface area contributed by atoms with Crippen molar-refractivity contribution in [1.82, 2.24) is 15.2 Å². The fraction of sp³-hybridized carbons (Fsp3) is 0.625. The molecule has 3 heterocycles. The van der Waals surface area contributed by atoms with Crippen LogP contribution >= 0.6 is 11.3 Å². The Bertz CT molecular complexity index is 1030. The lowest BCUT2D eigenvalue weighted by Gasteiger charge is -2.49. The number of anilines is 1. The predicted molar refractivity (Wildman–Crippen MR) is 128 cm³/mol. The molecule has 3 fully saturated rings. The van der Waals surface area contributed by atoms with Crippen molar-refractivity contribution in [2.75, 3.05) is 31.2 Å². The van der Waals surface area contributed by atoms with Gasteiger partial charge in [0.15, 0.2) is 5.13 Å². The largest absolute Gasteiger partial charge is 0.444 e. The summed E-state index contributed by atoms with van der Waals surface area (Å²) in [5.41, 5.74) is 1.05. The van der Waals surface area contributed by atoms with E-state index in [4.69, 9.17) is 14.5 Å². The Labute approximate surface area is 198 Å². The lowest BCUT2D eigenvalue weighted by atomic mass is 10.1. The Kier molecular flexibility index (Phi) is 5.95. The van der Waals surface area contributed by atoms with E-state index < -0.39 is 5.60 Å². The summed E-state index contributed by atoms with van der Waals surface area (Å²) in [6.07, 6.45) is 4.24. The van der Waals surface area contributed by atoms with E-state index in [2.05, 4.69) is 10.2 Å². The van der Waals surface area contributed by atoms with Crippen LogP contribution in [-0.4, -0.2) is 71.9 Å². The van der Waals surface area contributed by atoms with Gasteiger partial charge < -0.3 is 24.6 Å². The highest BCUT2D eigenvalue weighted by Gasteiger charge is 2.42. The molecule has 33 heavy (non-hydrogen) atoms. The first-order chi connectivity index (χ1) is 15.8. The summed E-state index contributed by atoms with van der Waals surface area (Å²) >= 11 is 1.60. The maximum Gasteiger partial charge on any atom is 0.410 e. The quantitative estimate of drug-likeness (QED) is 0.732. The maximum absolute atomic E-state index is 12.7. The van der Waals surface area contributed by atoms with Crippen molar-refractivity contribution in [2.45, 2.75) is 70.2 Å². The summed E-state index contributed by atoms with van der Waals surface area (Å²) in [5.74, 6) is -0.00463. The Morgan fingerprint density at radius 2 is 1.85 bits per heavy atom. The molecule has 1 saturated carbocycles. The van der Waals surface area contributed by atoms with Crippen molar-refractivity contribution < 1.29 is 19.1 Å². The summed E-state index contributed by atoms with van der Waals surface area (Å²) < 4.78 is 12.4. The molecule has 5 rings (SSSR count). The SMILES string of the molecule is CC(C)(C)OC(=O)N1CC2COCC(C1)N2c1nc2ccc(C(=O)NC3CCCC3)cc2s1. The van der Waals surface area contributed by atoms with Crippen LogP contribution < -0.4 is 10.2 Å². The van der Waals surface area contributed by atoms with Gasteiger partial charge in [0.2, 0.25) is 0 Å². The van der Waals surface area contributed by atoms with Crippen LogP contribution in [0.25, 0.3) is 10.2 Å². The third-order valence-corrected chi connectivity index (χ3v) is 7.50. The van der Waals surface area contributed by atoms with Crippen LogP contribution in [0.15, 0.2) is 18.2 Å². The second-order valence-corrected chi connectivity index (χ2v) is 11.3. The number of morpholine rings is 1. The predicted octanol–water partition coefficient (Wildman–Crippen LogP) is 3.79. The number of rotatable bonds is 3. The number of fused-ring (bicyclic) bond motifs is 3. The van der Waals surface area contributed by atoms with E-state index in [-0.39, 0.29) is 24.1 Å². The molecular weight excluding hydrogens is 440 g/mol. The average molecular weight is 473 g/mol. The van der Waals surface area contributed by atoms with E-state index in [1.165, 1.54) is 12.8 Å². The minimum atomic E-state index is -0.519. The van der Waals surface area contributed by atoms with Gasteiger partial charge in [-0.15, -0.1) is 0 Å². The van der Waals surface area contributed by atoms with E-state index in [1.807, 2.05) is 39.0 Å². The molecule has 2 saturated heterocycles. The molecule has 0 spiro atoms. The Morgan fingerprint density at radius 3 is 2.52 bits per heavy atom. The molecule has 3 aliphatic rings. The first-order valence-corrected chi connectivity index (χ1v) is 12.6. The number of carbonyl (C=O) groups is 2. The van der Waals surface area contributed by atoms with Crippen molar-refractivity contribution in [3.05, 3.63) is 23.8 Å². The van der Waals surface area contributed by atoms with Gasteiger partial charge in [0.1, 0.15) is 5.60 Å². The Hall–Kier alpha value is -2.39. The molecule has 9 heteroatoms. The van der Waals surface area contributed by atoms with E-state index in [9.17, 15) is 9.59 Å². The number of ether oxygens (including phenoxy) is 2. The number of piperazine rings is 1. The summed E-state index contributed by atoms with van der Waals surface area (Å²) in [6.45, 7) is 7.81. The van der Waals surface area contributed by atoms with E-state index in [0.717, 1.165) is 28.2 Å². The minimum absolute atomic E-state index is 0.00463. The molecule has 1 N–H and O–H groups in total. The number of hydrogen-bond acceptors (Lipinski definition) is 7. The van der Waals surface area contributed by atoms with E-state index >= 15 is 0 Å². The van der Waals surface area contributed by atoms with Crippen LogP contribution in [0.5, 0.6) is 0 Å². The van der Waals surface area contributed by atoms with Gasteiger partial charge in [-0.3, -0.25) is 4.79 Å². The Balaban J connectivity index is 1.33. The van der Waals surface area contributed by atoms with E-state index in [0.29, 0.717) is 37.9 Å². The monoisotopic (exact) mass is 472 g/mol. The summed E-state index contributed by atoms with van der Waals surface area (Å²) in [7, 11) is 0. The second-order valence-electron chi connectivity index (χ2n) is 10.3. The third-order valence-electron chi connectivity index (χ3n) is 6.47. The molecule has 2 atom stereocenters. The van der Waals surface area contributed by atoms with Crippen LogP contribution in [0.2, 0.25) is 0 Å². The van der Waals surface area contributed by atoms with Crippen molar-refractivity contribution in [2.24, 2.45) is 0 Å². The van der Waals surface area contributed by atoms with Gasteiger partial charge in [0.25, 0.3) is 5.91 Å². The lowest BCUT2D eigenvalue weighted by molar-refractivity contribution is -0.0105. The number of aromatic nitrogens is 1. The average Bonchev–Trinajstić information content (AvgIpc) is 3.40. The zero-order chi connectivity index (χ0) is 23.2. The van der Waals surface area contributed by atoms with Crippen molar-refractivity contribution in [1.29, 1.82) is 0 Å². The van der Waals surface area contributed by atoms with Gasteiger partial charge in [-0.05, 0) is 51.8 Å². The standard InChI is InChI=1S/C24H32N4O4S/c1-24(2,3)32-23(30)27-11-17-13-31-14-18(12-27)28(17)22-26-19-9-8-15(10-20(19)33-22)21(29)25-16-6-4-5-7-16/h8-10,16-18H,4-7,11-14H2,1-3H3,(H,25,29). The van der Waals surface area contributed by atoms with Gasteiger partial charge in [0.05, 0.1) is 35.5 Å². The molecule has 1 aromatic carbocycles. The minimum Gasteiger partial charge on any atom is -0.444 e. The number of nitrogens with one attached hydrogen (secondary N) is 1. The molecule has 2 bridgehead atoms. The van der Waals surface area contributed by atoms with Crippen LogP contribution in [0.1, 0.15) is 56.8 Å². The number of nitrogens with zero attached hydrogens (tertiary/aromatic N) is 3.